The van der Waals surface area contributed by atoms with Gasteiger partial charge in [0.15, 0.2) is 5.16 Å². The van der Waals surface area contributed by atoms with Crippen molar-refractivity contribution in [2.45, 2.75) is 12.1 Å². The Morgan fingerprint density at radius 3 is 2.59 bits per heavy atom. The molecule has 0 saturated heterocycles. The van der Waals surface area contributed by atoms with Gasteiger partial charge in [0.25, 0.3) is 5.56 Å². The van der Waals surface area contributed by atoms with Gasteiger partial charge in [0, 0.05) is 0 Å². The number of nitrogens with zero attached hydrogens (tertiary/aromatic N) is 4. The predicted molar refractivity (Wildman–Crippen MR) is 110 cm³/mol. The van der Waals surface area contributed by atoms with Crippen molar-refractivity contribution in [3.8, 4) is 11.4 Å². The van der Waals surface area contributed by atoms with Gasteiger partial charge < -0.3 is 9.47 Å². The summed E-state index contributed by atoms with van der Waals surface area (Å²) in [4.78, 5) is 25.0. The van der Waals surface area contributed by atoms with Crippen molar-refractivity contribution in [3.05, 3.63) is 58.9 Å². The van der Waals surface area contributed by atoms with Gasteiger partial charge >= 0.3 is 5.97 Å². The van der Waals surface area contributed by atoms with Crippen molar-refractivity contribution < 1.29 is 14.3 Å². The zero-order chi connectivity index (χ0) is 20.4. The van der Waals surface area contributed by atoms with E-state index in [9.17, 15) is 9.59 Å². The number of hydrogen-bond donors (Lipinski definition) is 0. The maximum atomic E-state index is 13.2. The highest BCUT2D eigenvalue weighted by Gasteiger charge is 2.18. The van der Waals surface area contributed by atoms with Crippen LogP contribution in [0.2, 0.25) is 0 Å². The Morgan fingerprint density at radius 2 is 1.86 bits per heavy atom. The predicted octanol–water partition coefficient (Wildman–Crippen LogP) is 2.70. The molecule has 8 nitrogen and oxygen atoms in total. The molecule has 29 heavy (non-hydrogen) atoms. The second-order valence-corrected chi connectivity index (χ2v) is 7.01. The Hall–Kier alpha value is -3.33. The van der Waals surface area contributed by atoms with E-state index in [0.29, 0.717) is 39.9 Å². The molecule has 0 aliphatic heterocycles. The fraction of sp³-hybridized carbons (Fsp3) is 0.200. The Balaban J connectivity index is 1.92. The lowest BCUT2D eigenvalue weighted by Gasteiger charge is -2.11. The maximum absolute atomic E-state index is 13.2. The highest BCUT2D eigenvalue weighted by molar-refractivity contribution is 7.99. The van der Waals surface area contributed by atoms with E-state index in [1.54, 1.807) is 48.8 Å². The minimum Gasteiger partial charge on any atom is -0.497 e. The molecule has 2 aromatic heterocycles. The summed E-state index contributed by atoms with van der Waals surface area (Å²) in [5.41, 5.74) is 1.11. The Kier molecular flexibility index (Phi) is 5.22. The molecule has 0 N–H and O–H groups in total. The summed E-state index contributed by atoms with van der Waals surface area (Å²) in [6, 6.07) is 14.4. The van der Waals surface area contributed by atoms with Crippen LogP contribution in [0.15, 0.2) is 58.5 Å². The van der Waals surface area contributed by atoms with E-state index in [1.165, 1.54) is 16.3 Å². The smallest absolute Gasteiger partial charge is 0.316 e. The summed E-state index contributed by atoms with van der Waals surface area (Å²) in [5.74, 6) is 0.822. The van der Waals surface area contributed by atoms with Crippen LogP contribution in [0, 0.1) is 0 Å². The number of thioether (sulfide) groups is 1. The molecule has 0 saturated carbocycles. The van der Waals surface area contributed by atoms with Gasteiger partial charge in [0.05, 0.1) is 36.1 Å². The average molecular weight is 410 g/mol. The molecule has 0 unspecified atom stereocenters. The first-order valence-corrected chi connectivity index (χ1v) is 9.94. The number of methoxy groups -OCH3 is 1. The number of ether oxygens (including phenoxy) is 2. The third kappa shape index (κ3) is 3.44. The molecule has 0 amide bonds. The van der Waals surface area contributed by atoms with E-state index >= 15 is 0 Å². The largest absolute Gasteiger partial charge is 0.497 e. The Morgan fingerprint density at radius 1 is 1.10 bits per heavy atom. The molecule has 0 radical (unpaired) electrons. The molecule has 0 aliphatic carbocycles. The zero-order valence-electron chi connectivity index (χ0n) is 15.9. The molecule has 0 atom stereocenters. The van der Waals surface area contributed by atoms with Crippen LogP contribution in [-0.2, 0) is 9.53 Å². The van der Waals surface area contributed by atoms with Gasteiger partial charge in [-0.15, -0.1) is 10.2 Å². The van der Waals surface area contributed by atoms with Crippen LogP contribution in [0.1, 0.15) is 6.92 Å². The highest BCUT2D eigenvalue weighted by atomic mass is 32.2. The number of carbonyl (C=O) groups excluding carboxylic acids is 1. The first-order chi connectivity index (χ1) is 14.1. The Labute approximate surface area is 170 Å². The van der Waals surface area contributed by atoms with Crippen molar-refractivity contribution in [1.29, 1.82) is 0 Å². The maximum Gasteiger partial charge on any atom is 0.316 e. The molecule has 0 fully saturated rings. The normalized spacial score (nSPS) is 11.1. The lowest BCUT2D eigenvalue weighted by Crippen LogP contribution is -2.21. The van der Waals surface area contributed by atoms with Crippen LogP contribution in [0.5, 0.6) is 5.75 Å². The standard InChI is InChI=1S/C20H18N4O4S/c1-3-28-17(25)12-29-20-22-21-19-23(13-8-10-14(27-2)11-9-13)18(26)15-6-4-5-7-16(15)24(19)20/h4-11H,3,12H2,1-2H3. The first kappa shape index (κ1) is 19.0. The molecule has 4 aromatic rings. The summed E-state index contributed by atoms with van der Waals surface area (Å²) in [7, 11) is 1.58. The van der Waals surface area contributed by atoms with E-state index in [2.05, 4.69) is 10.2 Å². The summed E-state index contributed by atoms with van der Waals surface area (Å²) >= 11 is 1.21. The van der Waals surface area contributed by atoms with Crippen molar-refractivity contribution in [2.24, 2.45) is 0 Å². The second kappa shape index (κ2) is 7.96. The number of hydrogen-bond acceptors (Lipinski definition) is 7. The summed E-state index contributed by atoms with van der Waals surface area (Å²) in [6.07, 6.45) is 0. The summed E-state index contributed by atoms with van der Waals surface area (Å²) in [5, 5.41) is 9.49. The topological polar surface area (TPSA) is 87.7 Å². The lowest BCUT2D eigenvalue weighted by molar-refractivity contribution is -0.139. The van der Waals surface area contributed by atoms with E-state index < -0.39 is 0 Å². The number of carbonyl (C=O) groups is 1. The van der Waals surface area contributed by atoms with Crippen LogP contribution >= 0.6 is 11.8 Å². The molecular formula is C20H18N4O4S. The Bertz CT molecular complexity index is 1250. The van der Waals surface area contributed by atoms with Crippen LogP contribution in [0.3, 0.4) is 0 Å². The van der Waals surface area contributed by atoms with E-state index in [0.717, 1.165) is 0 Å². The molecule has 9 heteroatoms. The average Bonchev–Trinajstić information content (AvgIpc) is 3.17. The van der Waals surface area contributed by atoms with Crippen LogP contribution in [-0.4, -0.2) is 44.6 Å². The molecule has 0 aliphatic rings. The van der Waals surface area contributed by atoms with Crippen LogP contribution in [0.25, 0.3) is 22.4 Å². The molecule has 2 heterocycles. The van der Waals surface area contributed by atoms with Gasteiger partial charge in [-0.3, -0.25) is 14.0 Å². The van der Waals surface area contributed by atoms with E-state index in [-0.39, 0.29) is 17.3 Å². The summed E-state index contributed by atoms with van der Waals surface area (Å²) in [6.45, 7) is 2.08. The molecular weight excluding hydrogens is 392 g/mol. The number of rotatable bonds is 6. The third-order valence-corrected chi connectivity index (χ3v) is 5.25. The molecule has 2 aromatic carbocycles. The van der Waals surface area contributed by atoms with Gasteiger partial charge in [-0.05, 0) is 43.3 Å². The van der Waals surface area contributed by atoms with Crippen molar-refractivity contribution >= 4 is 34.4 Å². The number of aromatic nitrogens is 4. The first-order valence-electron chi connectivity index (χ1n) is 8.95. The lowest BCUT2D eigenvalue weighted by atomic mass is 10.2. The number of para-hydroxylation sites is 1. The van der Waals surface area contributed by atoms with Gasteiger partial charge in [-0.1, -0.05) is 23.9 Å². The van der Waals surface area contributed by atoms with Gasteiger partial charge in [0.1, 0.15) is 5.75 Å². The fourth-order valence-electron chi connectivity index (χ4n) is 3.06. The molecule has 4 rings (SSSR count). The minimum absolute atomic E-state index is 0.102. The highest BCUT2D eigenvalue weighted by Crippen LogP contribution is 2.24. The monoisotopic (exact) mass is 410 g/mol. The number of esters is 1. The van der Waals surface area contributed by atoms with Crippen molar-refractivity contribution in [2.75, 3.05) is 19.5 Å². The fourth-order valence-corrected chi connectivity index (χ4v) is 3.80. The third-order valence-electron chi connectivity index (χ3n) is 4.35. The van der Waals surface area contributed by atoms with Crippen molar-refractivity contribution in [1.82, 2.24) is 19.2 Å². The number of benzene rings is 2. The molecule has 148 valence electrons. The number of fused-ring (bicyclic) bond motifs is 3. The molecule has 0 spiro atoms. The SMILES string of the molecule is CCOC(=O)CSc1nnc2n(-c3ccc(OC)cc3)c(=O)c3ccccc3n12. The van der Waals surface area contributed by atoms with Gasteiger partial charge in [-0.25, -0.2) is 4.57 Å². The quantitative estimate of drug-likeness (QED) is 0.357. The van der Waals surface area contributed by atoms with E-state index in [1.807, 2.05) is 18.2 Å². The van der Waals surface area contributed by atoms with E-state index in [4.69, 9.17) is 9.47 Å². The van der Waals surface area contributed by atoms with Crippen LogP contribution in [0.4, 0.5) is 0 Å². The van der Waals surface area contributed by atoms with Gasteiger partial charge in [-0.2, -0.15) is 0 Å². The summed E-state index contributed by atoms with van der Waals surface area (Å²) < 4.78 is 13.5. The zero-order valence-corrected chi connectivity index (χ0v) is 16.7. The van der Waals surface area contributed by atoms with Crippen LogP contribution < -0.4 is 10.3 Å². The van der Waals surface area contributed by atoms with Crippen molar-refractivity contribution in [3.63, 3.8) is 0 Å². The minimum atomic E-state index is -0.331. The second-order valence-electron chi connectivity index (χ2n) is 6.07. The van der Waals surface area contributed by atoms with Gasteiger partial charge in [0.2, 0.25) is 5.78 Å². The molecule has 0 bridgehead atoms.